The number of amides is 2. The van der Waals surface area contributed by atoms with Crippen LogP contribution in [-0.2, 0) is 9.59 Å². The molecule has 1 aliphatic rings. The smallest absolute Gasteiger partial charge is 0.239 e. The van der Waals surface area contributed by atoms with E-state index in [2.05, 4.69) is 10.6 Å². The lowest BCUT2D eigenvalue weighted by molar-refractivity contribution is -0.127. The van der Waals surface area contributed by atoms with Crippen LogP contribution in [0.1, 0.15) is 38.2 Å². The van der Waals surface area contributed by atoms with Gasteiger partial charge in [0.25, 0.3) is 0 Å². The lowest BCUT2D eigenvalue weighted by Crippen LogP contribution is -2.40. The third-order valence-corrected chi connectivity index (χ3v) is 3.54. The van der Waals surface area contributed by atoms with Crippen molar-refractivity contribution in [2.45, 2.75) is 38.6 Å². The first-order valence-electron chi connectivity index (χ1n) is 7.30. The highest BCUT2D eigenvalue weighted by molar-refractivity contribution is 5.88. The lowest BCUT2D eigenvalue weighted by atomic mass is 9.87. The number of halogens is 1. The molecule has 2 N–H and O–H groups in total. The molecule has 0 bridgehead atoms. The highest BCUT2D eigenvalue weighted by Gasteiger charge is 2.26. The molecule has 1 unspecified atom stereocenters. The highest BCUT2D eigenvalue weighted by Crippen LogP contribution is 2.25. The summed E-state index contributed by atoms with van der Waals surface area (Å²) in [6, 6.07) is 6.20. The first-order valence-corrected chi connectivity index (χ1v) is 7.30. The normalized spacial score (nSPS) is 15.6. The molecule has 0 aliphatic heterocycles. The van der Waals surface area contributed by atoms with Crippen molar-refractivity contribution in [1.82, 2.24) is 10.6 Å². The number of benzene rings is 1. The predicted octanol–water partition coefficient (Wildman–Crippen LogP) is 1.96. The molecule has 0 aromatic heterocycles. The van der Waals surface area contributed by atoms with Crippen LogP contribution in [0.15, 0.2) is 24.3 Å². The Morgan fingerprint density at radius 2 is 1.86 bits per heavy atom. The molecule has 0 radical (unpaired) electrons. The van der Waals surface area contributed by atoms with Gasteiger partial charge in [0.1, 0.15) is 5.82 Å². The average molecular weight is 292 g/mol. The zero-order valence-electron chi connectivity index (χ0n) is 12.4. The van der Waals surface area contributed by atoms with Gasteiger partial charge in [-0.15, -0.1) is 0 Å². The van der Waals surface area contributed by atoms with Gasteiger partial charge in [-0.2, -0.15) is 0 Å². The molecule has 0 heterocycles. The fourth-order valence-electron chi connectivity index (χ4n) is 2.29. The molecule has 0 saturated heterocycles. The minimum Gasteiger partial charge on any atom is -0.352 e. The molecule has 0 spiro atoms. The fraction of sp³-hybridized carbons (Fsp3) is 0.500. The summed E-state index contributed by atoms with van der Waals surface area (Å²) < 4.78 is 13.0. The topological polar surface area (TPSA) is 58.2 Å². The molecule has 5 heteroatoms. The summed E-state index contributed by atoms with van der Waals surface area (Å²) >= 11 is 0. The Balaban J connectivity index is 1.95. The molecule has 1 atom stereocenters. The van der Waals surface area contributed by atoms with Crippen molar-refractivity contribution in [3.8, 4) is 0 Å². The molecular formula is C16H21FN2O2. The summed E-state index contributed by atoms with van der Waals surface area (Å²) in [5.74, 6) is -1.03. The minimum absolute atomic E-state index is 0.0141. The second-order valence-corrected chi connectivity index (χ2v) is 5.83. The Morgan fingerprint density at radius 3 is 2.38 bits per heavy atom. The van der Waals surface area contributed by atoms with Gasteiger partial charge >= 0.3 is 0 Å². The molecule has 2 rings (SSSR count). The standard InChI is InChI=1S/C16H21FN2O2/c1-10(2)15(11-3-5-12(17)6-4-11)16(21)18-9-14(20)19-13-7-8-13/h3-6,10,13,15H,7-9H2,1-2H3,(H,18,21)(H,19,20). The third kappa shape index (κ3) is 4.55. The van der Waals surface area contributed by atoms with E-state index in [1.165, 1.54) is 12.1 Å². The molecule has 1 fully saturated rings. The van der Waals surface area contributed by atoms with E-state index >= 15 is 0 Å². The first kappa shape index (κ1) is 15.5. The Kier molecular flexibility index (Phi) is 4.94. The number of hydrogen-bond acceptors (Lipinski definition) is 2. The van der Waals surface area contributed by atoms with Crippen molar-refractivity contribution in [1.29, 1.82) is 0 Å². The van der Waals surface area contributed by atoms with Gasteiger partial charge < -0.3 is 10.6 Å². The van der Waals surface area contributed by atoms with Crippen molar-refractivity contribution in [3.05, 3.63) is 35.6 Å². The average Bonchev–Trinajstić information content (AvgIpc) is 3.22. The molecule has 1 aromatic carbocycles. The zero-order valence-corrected chi connectivity index (χ0v) is 12.4. The number of rotatable bonds is 6. The summed E-state index contributed by atoms with van der Waals surface area (Å²) in [6.07, 6.45) is 2.04. The largest absolute Gasteiger partial charge is 0.352 e. The second kappa shape index (κ2) is 6.70. The van der Waals surface area contributed by atoms with Gasteiger partial charge in [-0.05, 0) is 36.5 Å². The van der Waals surface area contributed by atoms with Crippen molar-refractivity contribution in [2.75, 3.05) is 6.54 Å². The number of carbonyl (C=O) groups is 2. The van der Waals surface area contributed by atoms with Crippen LogP contribution in [-0.4, -0.2) is 24.4 Å². The number of carbonyl (C=O) groups excluding carboxylic acids is 2. The summed E-state index contributed by atoms with van der Waals surface area (Å²) in [5.41, 5.74) is 0.756. The molecule has 1 aromatic rings. The van der Waals surface area contributed by atoms with E-state index in [1.54, 1.807) is 12.1 Å². The van der Waals surface area contributed by atoms with Crippen LogP contribution in [0.25, 0.3) is 0 Å². The Hall–Kier alpha value is -1.91. The SMILES string of the molecule is CC(C)C(C(=O)NCC(=O)NC1CC1)c1ccc(F)cc1. The Labute approximate surface area is 124 Å². The van der Waals surface area contributed by atoms with E-state index in [-0.39, 0.29) is 42.1 Å². The van der Waals surface area contributed by atoms with Gasteiger partial charge in [0.05, 0.1) is 12.5 Å². The highest BCUT2D eigenvalue weighted by atomic mass is 19.1. The molecule has 1 aliphatic carbocycles. The number of nitrogens with one attached hydrogen (secondary N) is 2. The maximum atomic E-state index is 13.0. The van der Waals surface area contributed by atoms with Crippen LogP contribution in [0.4, 0.5) is 4.39 Å². The van der Waals surface area contributed by atoms with E-state index in [0.29, 0.717) is 0 Å². The van der Waals surface area contributed by atoms with E-state index in [4.69, 9.17) is 0 Å². The van der Waals surface area contributed by atoms with Crippen LogP contribution in [0.3, 0.4) is 0 Å². The van der Waals surface area contributed by atoms with Gasteiger partial charge in [-0.25, -0.2) is 4.39 Å². The molecule has 4 nitrogen and oxygen atoms in total. The summed E-state index contributed by atoms with van der Waals surface area (Å²) in [7, 11) is 0. The van der Waals surface area contributed by atoms with Gasteiger partial charge in [0.2, 0.25) is 11.8 Å². The predicted molar refractivity (Wildman–Crippen MR) is 78.2 cm³/mol. The molecular weight excluding hydrogens is 271 g/mol. The monoisotopic (exact) mass is 292 g/mol. The summed E-state index contributed by atoms with van der Waals surface area (Å²) in [6.45, 7) is 3.84. The van der Waals surface area contributed by atoms with Crippen molar-refractivity contribution >= 4 is 11.8 Å². The van der Waals surface area contributed by atoms with E-state index in [9.17, 15) is 14.0 Å². The van der Waals surface area contributed by atoms with Crippen molar-refractivity contribution in [3.63, 3.8) is 0 Å². The third-order valence-electron chi connectivity index (χ3n) is 3.54. The molecule has 21 heavy (non-hydrogen) atoms. The van der Waals surface area contributed by atoms with Gasteiger partial charge in [0, 0.05) is 6.04 Å². The zero-order chi connectivity index (χ0) is 15.4. The van der Waals surface area contributed by atoms with Gasteiger partial charge in [0.15, 0.2) is 0 Å². The Morgan fingerprint density at radius 1 is 1.24 bits per heavy atom. The lowest BCUT2D eigenvalue weighted by Gasteiger charge is -2.20. The summed E-state index contributed by atoms with van der Waals surface area (Å²) in [5, 5.41) is 5.49. The van der Waals surface area contributed by atoms with Gasteiger partial charge in [-0.1, -0.05) is 26.0 Å². The van der Waals surface area contributed by atoms with E-state index in [0.717, 1.165) is 18.4 Å². The first-order chi connectivity index (χ1) is 9.97. The number of hydrogen-bond donors (Lipinski definition) is 2. The Bertz CT molecular complexity index is 510. The molecule has 1 saturated carbocycles. The quantitative estimate of drug-likeness (QED) is 0.842. The maximum Gasteiger partial charge on any atom is 0.239 e. The van der Waals surface area contributed by atoms with Crippen LogP contribution in [0.2, 0.25) is 0 Å². The fourth-order valence-corrected chi connectivity index (χ4v) is 2.29. The molecule has 114 valence electrons. The minimum atomic E-state index is -0.390. The van der Waals surface area contributed by atoms with E-state index < -0.39 is 0 Å². The van der Waals surface area contributed by atoms with Crippen LogP contribution in [0.5, 0.6) is 0 Å². The van der Waals surface area contributed by atoms with Crippen molar-refractivity contribution < 1.29 is 14.0 Å². The van der Waals surface area contributed by atoms with Crippen molar-refractivity contribution in [2.24, 2.45) is 5.92 Å². The van der Waals surface area contributed by atoms with E-state index in [1.807, 2.05) is 13.8 Å². The molecule has 2 amide bonds. The maximum absolute atomic E-state index is 13.0. The van der Waals surface area contributed by atoms with Crippen LogP contribution in [0, 0.1) is 11.7 Å². The summed E-state index contributed by atoms with van der Waals surface area (Å²) in [4.78, 5) is 23.9. The second-order valence-electron chi connectivity index (χ2n) is 5.83. The van der Waals surface area contributed by atoms with Crippen LogP contribution >= 0.6 is 0 Å². The van der Waals surface area contributed by atoms with Gasteiger partial charge in [-0.3, -0.25) is 9.59 Å². The van der Waals surface area contributed by atoms with Crippen LogP contribution < -0.4 is 10.6 Å².